The van der Waals surface area contributed by atoms with E-state index >= 15 is 0 Å². The van der Waals surface area contributed by atoms with Crippen molar-refractivity contribution in [3.8, 4) is 0 Å². The Morgan fingerprint density at radius 1 is 1.25 bits per heavy atom. The van der Waals surface area contributed by atoms with E-state index in [2.05, 4.69) is 52.4 Å². The van der Waals surface area contributed by atoms with Gasteiger partial charge in [-0.25, -0.2) is 0 Å². The lowest BCUT2D eigenvalue weighted by atomic mass is 9.94. The number of hydrogen-bond acceptors (Lipinski definition) is 1. The molecular formula is C14H20BrN. The summed E-state index contributed by atoms with van der Waals surface area (Å²) < 4.78 is 1.17. The third-order valence-electron chi connectivity index (χ3n) is 3.44. The maximum absolute atomic E-state index is 3.74. The van der Waals surface area contributed by atoms with Crippen LogP contribution in [0.25, 0.3) is 0 Å². The Hall–Kier alpha value is -0.340. The lowest BCUT2D eigenvalue weighted by Crippen LogP contribution is -2.33. The normalized spacial score (nSPS) is 19.6. The van der Waals surface area contributed by atoms with Gasteiger partial charge in [-0.2, -0.15) is 0 Å². The summed E-state index contributed by atoms with van der Waals surface area (Å²) in [4.78, 5) is 0. The van der Waals surface area contributed by atoms with Crippen LogP contribution in [0.4, 0.5) is 0 Å². The number of hydrogen-bond donors (Lipinski definition) is 1. The number of halogens is 1. The second-order valence-electron chi connectivity index (χ2n) is 4.78. The van der Waals surface area contributed by atoms with Crippen LogP contribution in [0.15, 0.2) is 28.7 Å². The number of benzene rings is 1. The molecule has 16 heavy (non-hydrogen) atoms. The minimum atomic E-state index is 0.459. The van der Waals surface area contributed by atoms with Crippen LogP contribution in [0.3, 0.4) is 0 Å². The van der Waals surface area contributed by atoms with Gasteiger partial charge in [0.2, 0.25) is 0 Å². The molecule has 88 valence electrons. The first-order chi connectivity index (χ1) is 7.75. The topological polar surface area (TPSA) is 12.0 Å². The fourth-order valence-corrected chi connectivity index (χ4v) is 2.91. The van der Waals surface area contributed by atoms with Crippen LogP contribution >= 0.6 is 15.9 Å². The largest absolute Gasteiger partial charge is 0.307 e. The first-order valence-corrected chi connectivity index (χ1v) is 7.06. The van der Waals surface area contributed by atoms with Crippen LogP contribution in [-0.2, 0) is 0 Å². The zero-order valence-corrected chi connectivity index (χ0v) is 11.5. The van der Waals surface area contributed by atoms with Gasteiger partial charge in [0.1, 0.15) is 0 Å². The molecule has 0 spiro atoms. The molecule has 0 aliphatic heterocycles. The Bertz CT molecular complexity index is 331. The molecule has 1 saturated carbocycles. The number of nitrogens with one attached hydrogen (secondary N) is 1. The Balaban J connectivity index is 1.94. The predicted octanol–water partition coefficient (Wildman–Crippen LogP) is 4.43. The zero-order chi connectivity index (χ0) is 11.4. The molecule has 0 bridgehead atoms. The molecule has 1 aliphatic carbocycles. The van der Waals surface area contributed by atoms with Crippen LogP contribution in [0.5, 0.6) is 0 Å². The van der Waals surface area contributed by atoms with Crippen molar-refractivity contribution in [2.24, 2.45) is 0 Å². The maximum Gasteiger partial charge on any atom is 0.0294 e. The van der Waals surface area contributed by atoms with E-state index in [-0.39, 0.29) is 0 Å². The highest BCUT2D eigenvalue weighted by atomic mass is 79.9. The molecule has 1 nitrogen and oxygen atoms in total. The van der Waals surface area contributed by atoms with Gasteiger partial charge in [-0.3, -0.25) is 0 Å². The number of rotatable bonds is 3. The minimum absolute atomic E-state index is 0.459. The summed E-state index contributed by atoms with van der Waals surface area (Å²) in [5.41, 5.74) is 1.37. The van der Waals surface area contributed by atoms with Gasteiger partial charge in [-0.15, -0.1) is 0 Å². The second kappa shape index (κ2) is 5.83. The van der Waals surface area contributed by atoms with Crippen molar-refractivity contribution in [1.29, 1.82) is 0 Å². The molecule has 0 saturated heterocycles. The van der Waals surface area contributed by atoms with Crippen LogP contribution in [0.1, 0.15) is 50.6 Å². The van der Waals surface area contributed by atoms with Crippen molar-refractivity contribution in [1.82, 2.24) is 5.32 Å². The van der Waals surface area contributed by atoms with Gasteiger partial charge in [-0.1, -0.05) is 47.3 Å². The van der Waals surface area contributed by atoms with E-state index in [0.717, 1.165) is 6.04 Å². The maximum atomic E-state index is 3.74. The van der Waals surface area contributed by atoms with E-state index in [4.69, 9.17) is 0 Å². The molecule has 1 aromatic rings. The second-order valence-corrected chi connectivity index (χ2v) is 5.69. The average molecular weight is 282 g/mol. The molecule has 0 radical (unpaired) electrons. The molecule has 0 unspecified atom stereocenters. The first kappa shape index (κ1) is 12.1. The fraction of sp³-hybridized carbons (Fsp3) is 0.571. The molecule has 1 aliphatic rings. The van der Waals surface area contributed by atoms with E-state index in [1.807, 2.05) is 0 Å². The van der Waals surface area contributed by atoms with Crippen molar-refractivity contribution in [2.75, 3.05) is 0 Å². The highest BCUT2D eigenvalue weighted by molar-refractivity contribution is 9.10. The van der Waals surface area contributed by atoms with Gasteiger partial charge in [0.05, 0.1) is 0 Å². The van der Waals surface area contributed by atoms with Crippen molar-refractivity contribution >= 4 is 15.9 Å². The SMILES string of the molecule is C[C@H](NC1CCCCC1)c1cccc(Br)c1. The average Bonchev–Trinajstić information content (AvgIpc) is 2.30. The lowest BCUT2D eigenvalue weighted by Gasteiger charge is -2.26. The molecule has 1 aromatic carbocycles. The van der Waals surface area contributed by atoms with Crippen LogP contribution in [-0.4, -0.2) is 6.04 Å². The molecule has 0 amide bonds. The first-order valence-electron chi connectivity index (χ1n) is 6.27. The van der Waals surface area contributed by atoms with Gasteiger partial charge >= 0.3 is 0 Å². The zero-order valence-electron chi connectivity index (χ0n) is 9.88. The lowest BCUT2D eigenvalue weighted by molar-refractivity contribution is 0.347. The van der Waals surface area contributed by atoms with Gasteiger partial charge in [0, 0.05) is 16.6 Å². The van der Waals surface area contributed by atoms with E-state index in [9.17, 15) is 0 Å². The molecule has 1 atom stereocenters. The minimum Gasteiger partial charge on any atom is -0.307 e. The highest BCUT2D eigenvalue weighted by Gasteiger charge is 2.16. The van der Waals surface area contributed by atoms with Crippen molar-refractivity contribution in [3.63, 3.8) is 0 Å². The third kappa shape index (κ3) is 3.33. The van der Waals surface area contributed by atoms with E-state index < -0.39 is 0 Å². The van der Waals surface area contributed by atoms with Crippen LogP contribution < -0.4 is 5.32 Å². The Kier molecular flexibility index (Phi) is 4.42. The van der Waals surface area contributed by atoms with Crippen molar-refractivity contribution in [2.45, 2.75) is 51.1 Å². The summed E-state index contributed by atoms with van der Waals surface area (Å²) >= 11 is 3.53. The smallest absolute Gasteiger partial charge is 0.0294 e. The fourth-order valence-electron chi connectivity index (χ4n) is 2.49. The van der Waals surface area contributed by atoms with E-state index in [1.54, 1.807) is 0 Å². The highest BCUT2D eigenvalue weighted by Crippen LogP contribution is 2.22. The summed E-state index contributed by atoms with van der Waals surface area (Å²) in [5, 5.41) is 3.74. The summed E-state index contributed by atoms with van der Waals surface area (Å²) in [6.45, 7) is 2.26. The van der Waals surface area contributed by atoms with Gasteiger partial charge in [0.25, 0.3) is 0 Å². The van der Waals surface area contributed by atoms with Crippen molar-refractivity contribution in [3.05, 3.63) is 34.3 Å². The molecule has 2 heteroatoms. The monoisotopic (exact) mass is 281 g/mol. The van der Waals surface area contributed by atoms with Gasteiger partial charge in [-0.05, 0) is 37.5 Å². The molecule has 0 heterocycles. The predicted molar refractivity (Wildman–Crippen MR) is 72.6 cm³/mol. The molecule has 1 N–H and O–H groups in total. The van der Waals surface area contributed by atoms with E-state index in [0.29, 0.717) is 6.04 Å². The summed E-state index contributed by atoms with van der Waals surface area (Å²) in [6, 6.07) is 9.78. The summed E-state index contributed by atoms with van der Waals surface area (Å²) in [6.07, 6.45) is 6.89. The van der Waals surface area contributed by atoms with Crippen molar-refractivity contribution < 1.29 is 0 Å². The Morgan fingerprint density at radius 2 is 2.00 bits per heavy atom. The van der Waals surface area contributed by atoms with E-state index in [1.165, 1.54) is 42.1 Å². The third-order valence-corrected chi connectivity index (χ3v) is 3.93. The van der Waals surface area contributed by atoms with Crippen LogP contribution in [0.2, 0.25) is 0 Å². The van der Waals surface area contributed by atoms with Gasteiger partial charge in [0.15, 0.2) is 0 Å². The molecule has 1 fully saturated rings. The standard InChI is InChI=1S/C14H20BrN/c1-11(12-6-5-7-13(15)10-12)16-14-8-3-2-4-9-14/h5-7,10-11,14,16H,2-4,8-9H2,1H3/t11-/m0/s1. The molecule has 0 aromatic heterocycles. The van der Waals surface area contributed by atoms with Crippen LogP contribution in [0, 0.1) is 0 Å². The molecule has 2 rings (SSSR count). The molecular weight excluding hydrogens is 262 g/mol. The summed E-state index contributed by atoms with van der Waals surface area (Å²) in [7, 11) is 0. The van der Waals surface area contributed by atoms with Gasteiger partial charge < -0.3 is 5.32 Å². The Labute approximate surface area is 107 Å². The quantitative estimate of drug-likeness (QED) is 0.864. The Morgan fingerprint density at radius 3 is 2.69 bits per heavy atom. The summed E-state index contributed by atoms with van der Waals surface area (Å²) in [5.74, 6) is 0.